The predicted molar refractivity (Wildman–Crippen MR) is 126 cm³/mol. The molecule has 0 saturated heterocycles. The zero-order valence-corrected chi connectivity index (χ0v) is 18.8. The van der Waals surface area contributed by atoms with Crippen LogP contribution in [0.4, 0.5) is 0 Å². The van der Waals surface area contributed by atoms with Crippen LogP contribution in [-0.4, -0.2) is 46.3 Å². The van der Waals surface area contributed by atoms with Gasteiger partial charge in [0.25, 0.3) is 11.5 Å². The van der Waals surface area contributed by atoms with E-state index in [-0.39, 0.29) is 23.6 Å². The molecule has 31 heavy (non-hydrogen) atoms. The van der Waals surface area contributed by atoms with Gasteiger partial charge in [-0.1, -0.05) is 62.4 Å². The van der Waals surface area contributed by atoms with E-state index in [1.54, 1.807) is 12.1 Å². The number of hydrogen-bond acceptors (Lipinski definition) is 4. The number of hydrogen-bond donors (Lipinski definition) is 1. The summed E-state index contributed by atoms with van der Waals surface area (Å²) in [6, 6.07) is 17.5. The normalized spacial score (nSPS) is 12.5. The van der Waals surface area contributed by atoms with E-state index in [0.29, 0.717) is 23.0 Å². The molecule has 1 atom stereocenters. The Morgan fingerprint density at radius 1 is 1.00 bits per heavy atom. The van der Waals surface area contributed by atoms with Crippen molar-refractivity contribution in [1.82, 2.24) is 20.0 Å². The van der Waals surface area contributed by atoms with Crippen LogP contribution in [0.15, 0.2) is 59.4 Å². The fourth-order valence-corrected chi connectivity index (χ4v) is 3.98. The van der Waals surface area contributed by atoms with Gasteiger partial charge >= 0.3 is 0 Å². The van der Waals surface area contributed by atoms with Gasteiger partial charge in [0.1, 0.15) is 0 Å². The lowest BCUT2D eigenvalue weighted by atomic mass is 10.0. The number of nitrogens with one attached hydrogen (secondary N) is 1. The highest BCUT2D eigenvalue weighted by atomic mass is 16.2. The molecule has 0 aliphatic rings. The van der Waals surface area contributed by atoms with Crippen LogP contribution in [-0.2, 0) is 6.42 Å². The molecule has 6 heteroatoms. The van der Waals surface area contributed by atoms with E-state index in [1.165, 1.54) is 10.2 Å². The molecule has 0 bridgehead atoms. The number of likely N-dealkylation sites (N-methyl/N-ethyl adjacent to an activating group) is 1. The van der Waals surface area contributed by atoms with Gasteiger partial charge < -0.3 is 5.32 Å². The summed E-state index contributed by atoms with van der Waals surface area (Å²) in [6.45, 7) is 10.4. The Labute approximate surface area is 183 Å². The molecule has 6 nitrogen and oxygen atoms in total. The first-order chi connectivity index (χ1) is 15.0. The van der Waals surface area contributed by atoms with Crippen molar-refractivity contribution in [3.05, 3.63) is 76.2 Å². The van der Waals surface area contributed by atoms with Gasteiger partial charge in [0.15, 0.2) is 5.69 Å². The molecule has 0 spiro atoms. The van der Waals surface area contributed by atoms with E-state index >= 15 is 0 Å². The molecule has 0 radical (unpaired) electrons. The van der Waals surface area contributed by atoms with Crippen LogP contribution in [0.3, 0.4) is 0 Å². The number of carbonyl (C=O) groups is 1. The summed E-state index contributed by atoms with van der Waals surface area (Å²) >= 11 is 0. The Morgan fingerprint density at radius 2 is 1.61 bits per heavy atom. The summed E-state index contributed by atoms with van der Waals surface area (Å²) in [5.74, 6) is -0.254. The molecule has 1 amide bonds. The minimum absolute atomic E-state index is 0.134. The van der Waals surface area contributed by atoms with Crippen LogP contribution in [0.25, 0.3) is 10.8 Å². The molecule has 1 N–H and O–H groups in total. The maximum Gasteiger partial charge on any atom is 0.274 e. The molecule has 1 heterocycles. The molecular formula is C25H32N4O2. The number of fused-ring (bicyclic) bond motifs is 1. The molecule has 164 valence electrons. The van der Waals surface area contributed by atoms with Gasteiger partial charge in [-0.2, -0.15) is 5.10 Å². The molecule has 0 saturated carbocycles. The molecule has 0 fully saturated rings. The molecule has 1 unspecified atom stereocenters. The largest absolute Gasteiger partial charge is 0.349 e. The van der Waals surface area contributed by atoms with Gasteiger partial charge in [0.05, 0.1) is 11.4 Å². The Balaban J connectivity index is 1.88. The highest BCUT2D eigenvalue weighted by Gasteiger charge is 2.21. The van der Waals surface area contributed by atoms with Crippen molar-refractivity contribution in [3.8, 4) is 0 Å². The van der Waals surface area contributed by atoms with Crippen molar-refractivity contribution in [2.45, 2.75) is 46.2 Å². The Morgan fingerprint density at radius 3 is 2.23 bits per heavy atom. The van der Waals surface area contributed by atoms with E-state index in [1.807, 2.05) is 44.2 Å². The topological polar surface area (TPSA) is 67.2 Å². The summed E-state index contributed by atoms with van der Waals surface area (Å²) in [5, 5.41) is 8.62. The first-order valence-corrected chi connectivity index (χ1v) is 11.0. The Hall–Kier alpha value is -2.99. The van der Waals surface area contributed by atoms with Crippen LogP contribution in [0, 0.1) is 0 Å². The van der Waals surface area contributed by atoms with Gasteiger partial charge in [-0.3, -0.25) is 14.5 Å². The smallest absolute Gasteiger partial charge is 0.274 e. The minimum Gasteiger partial charge on any atom is -0.349 e. The standard InChI is InChI=1S/C25H32N4O2/c1-5-28(6-2)20(16-19-12-8-7-9-13-19)17-26-24(30)23-21-14-10-11-15-22(21)25(31)29(27-23)18(3)4/h7-15,18,20H,5-6,16-17H2,1-4H3,(H,26,30). The van der Waals surface area contributed by atoms with E-state index < -0.39 is 0 Å². The molecular weight excluding hydrogens is 388 g/mol. The van der Waals surface area contributed by atoms with Crippen LogP contribution < -0.4 is 10.9 Å². The summed E-state index contributed by atoms with van der Waals surface area (Å²) in [4.78, 5) is 28.3. The van der Waals surface area contributed by atoms with Gasteiger partial charge in [-0.25, -0.2) is 4.68 Å². The van der Waals surface area contributed by atoms with Gasteiger partial charge in [0, 0.05) is 18.0 Å². The summed E-state index contributed by atoms with van der Waals surface area (Å²) in [7, 11) is 0. The minimum atomic E-state index is -0.254. The second kappa shape index (κ2) is 10.4. The maximum absolute atomic E-state index is 13.2. The second-order valence-electron chi connectivity index (χ2n) is 8.01. The average Bonchev–Trinajstić information content (AvgIpc) is 2.78. The first-order valence-electron chi connectivity index (χ1n) is 11.0. The van der Waals surface area contributed by atoms with Gasteiger partial charge in [-0.15, -0.1) is 0 Å². The molecule has 3 rings (SSSR count). The third-order valence-electron chi connectivity index (χ3n) is 5.67. The number of rotatable bonds is 9. The number of carbonyl (C=O) groups excluding carboxylic acids is 1. The van der Waals surface area contributed by atoms with E-state index in [9.17, 15) is 9.59 Å². The summed E-state index contributed by atoms with van der Waals surface area (Å²) in [5.41, 5.74) is 1.36. The third kappa shape index (κ3) is 5.20. The zero-order chi connectivity index (χ0) is 22.4. The second-order valence-corrected chi connectivity index (χ2v) is 8.01. The Bertz CT molecular complexity index is 1070. The fourth-order valence-electron chi connectivity index (χ4n) is 3.98. The monoisotopic (exact) mass is 420 g/mol. The molecule has 0 aliphatic carbocycles. The molecule has 0 aliphatic heterocycles. The predicted octanol–water partition coefficient (Wildman–Crippen LogP) is 3.66. The highest BCUT2D eigenvalue weighted by Crippen LogP contribution is 2.15. The number of amides is 1. The average molecular weight is 421 g/mol. The highest BCUT2D eigenvalue weighted by molar-refractivity contribution is 6.04. The Kier molecular flexibility index (Phi) is 7.58. The lowest BCUT2D eigenvalue weighted by Gasteiger charge is -2.30. The van der Waals surface area contributed by atoms with E-state index in [2.05, 4.69) is 41.3 Å². The fraction of sp³-hybridized carbons (Fsp3) is 0.400. The summed E-state index contributed by atoms with van der Waals surface area (Å²) in [6.07, 6.45) is 0.850. The number of nitrogens with zero attached hydrogens (tertiary/aromatic N) is 3. The quantitative estimate of drug-likeness (QED) is 0.574. The van der Waals surface area contributed by atoms with Crippen molar-refractivity contribution in [2.24, 2.45) is 0 Å². The SMILES string of the molecule is CCN(CC)C(CNC(=O)c1nn(C(C)C)c(=O)c2ccccc12)Cc1ccccc1. The van der Waals surface area contributed by atoms with Crippen LogP contribution in [0.2, 0.25) is 0 Å². The van der Waals surface area contributed by atoms with Gasteiger partial charge in [0.2, 0.25) is 0 Å². The van der Waals surface area contributed by atoms with Crippen molar-refractivity contribution in [2.75, 3.05) is 19.6 Å². The summed E-state index contributed by atoms with van der Waals surface area (Å²) < 4.78 is 1.39. The lowest BCUT2D eigenvalue weighted by Crippen LogP contribution is -2.45. The van der Waals surface area contributed by atoms with Crippen molar-refractivity contribution < 1.29 is 4.79 Å². The first kappa shape index (κ1) is 22.7. The van der Waals surface area contributed by atoms with Crippen molar-refractivity contribution in [3.63, 3.8) is 0 Å². The molecule has 1 aromatic heterocycles. The van der Waals surface area contributed by atoms with Crippen molar-refractivity contribution in [1.29, 1.82) is 0 Å². The van der Waals surface area contributed by atoms with Crippen LogP contribution in [0.1, 0.15) is 49.8 Å². The van der Waals surface area contributed by atoms with E-state index in [4.69, 9.17) is 0 Å². The number of benzene rings is 2. The lowest BCUT2D eigenvalue weighted by molar-refractivity contribution is 0.0929. The zero-order valence-electron chi connectivity index (χ0n) is 18.8. The maximum atomic E-state index is 13.2. The third-order valence-corrected chi connectivity index (χ3v) is 5.67. The van der Waals surface area contributed by atoms with E-state index in [0.717, 1.165) is 19.5 Å². The molecule has 2 aromatic carbocycles. The molecule has 3 aromatic rings. The van der Waals surface area contributed by atoms with Gasteiger partial charge in [-0.05, 0) is 45.0 Å². The van der Waals surface area contributed by atoms with Crippen molar-refractivity contribution >= 4 is 16.7 Å². The number of aromatic nitrogens is 2. The van der Waals surface area contributed by atoms with Crippen LogP contribution in [0.5, 0.6) is 0 Å². The van der Waals surface area contributed by atoms with Crippen LogP contribution >= 0.6 is 0 Å².